The Kier molecular flexibility index (Phi) is 4.47. The molecule has 4 nitrogen and oxygen atoms in total. The van der Waals surface area contributed by atoms with Crippen molar-refractivity contribution >= 4 is 21.7 Å². The van der Waals surface area contributed by atoms with Crippen LogP contribution < -0.4 is 0 Å². The van der Waals surface area contributed by atoms with Crippen LogP contribution in [0.4, 0.5) is 0 Å². The van der Waals surface area contributed by atoms with E-state index in [9.17, 15) is 4.79 Å². The molecule has 0 saturated heterocycles. The van der Waals surface area contributed by atoms with Crippen molar-refractivity contribution in [1.29, 1.82) is 0 Å². The first-order chi connectivity index (χ1) is 9.10. The lowest BCUT2D eigenvalue weighted by Crippen LogP contribution is -2.11. The van der Waals surface area contributed by atoms with Gasteiger partial charge in [0.2, 0.25) is 0 Å². The number of aryl methyl sites for hydroxylation is 2. The summed E-state index contributed by atoms with van der Waals surface area (Å²) in [6, 6.07) is 5.72. The van der Waals surface area contributed by atoms with Crippen molar-refractivity contribution < 1.29 is 4.79 Å². The Balaban J connectivity index is 2.18. The summed E-state index contributed by atoms with van der Waals surface area (Å²) in [4.78, 5) is 16.4. The third-order valence-electron chi connectivity index (χ3n) is 2.81. The Morgan fingerprint density at radius 1 is 1.37 bits per heavy atom. The van der Waals surface area contributed by atoms with E-state index in [-0.39, 0.29) is 12.2 Å². The van der Waals surface area contributed by atoms with Crippen LogP contribution >= 0.6 is 15.9 Å². The Morgan fingerprint density at radius 2 is 2.16 bits per heavy atom. The predicted octanol–water partition coefficient (Wildman–Crippen LogP) is 3.18. The first kappa shape index (κ1) is 13.9. The zero-order chi connectivity index (χ0) is 13.8. The molecule has 5 heteroatoms. The van der Waals surface area contributed by atoms with Crippen molar-refractivity contribution in [2.75, 3.05) is 0 Å². The number of aromatic nitrogens is 3. The van der Waals surface area contributed by atoms with Crippen molar-refractivity contribution in [2.24, 2.45) is 0 Å². The van der Waals surface area contributed by atoms with Crippen LogP contribution in [0.25, 0.3) is 0 Å². The molecule has 0 atom stereocenters. The molecule has 1 heterocycles. The molecule has 0 aliphatic rings. The molecule has 0 amide bonds. The first-order valence-electron chi connectivity index (χ1n) is 6.27. The number of ketones is 1. The highest BCUT2D eigenvalue weighted by molar-refractivity contribution is 9.10. The number of nitrogens with zero attached hydrogens (tertiary/aromatic N) is 3. The lowest BCUT2D eigenvalue weighted by molar-refractivity contribution is 0.0989. The summed E-state index contributed by atoms with van der Waals surface area (Å²) in [6.07, 6.45) is 2.76. The number of benzene rings is 1. The summed E-state index contributed by atoms with van der Waals surface area (Å²) in [5, 5.41) is 4.13. The molecular formula is C14H16BrN3O. The van der Waals surface area contributed by atoms with Gasteiger partial charge in [0.1, 0.15) is 12.2 Å². The highest BCUT2D eigenvalue weighted by Crippen LogP contribution is 2.16. The van der Waals surface area contributed by atoms with E-state index in [0.717, 1.165) is 28.8 Å². The molecule has 100 valence electrons. The average Bonchev–Trinajstić information content (AvgIpc) is 2.76. The number of halogens is 1. The van der Waals surface area contributed by atoms with Crippen LogP contribution in [0.3, 0.4) is 0 Å². The number of hydrogen-bond donors (Lipinski definition) is 0. The quantitative estimate of drug-likeness (QED) is 0.794. The van der Waals surface area contributed by atoms with Crippen LogP contribution in [-0.4, -0.2) is 20.5 Å². The van der Waals surface area contributed by atoms with Gasteiger partial charge in [-0.05, 0) is 37.1 Å². The highest BCUT2D eigenvalue weighted by atomic mass is 79.9. The van der Waals surface area contributed by atoms with Crippen LogP contribution in [0, 0.1) is 6.92 Å². The van der Waals surface area contributed by atoms with Gasteiger partial charge in [-0.25, -0.2) is 9.67 Å². The van der Waals surface area contributed by atoms with Crippen molar-refractivity contribution in [1.82, 2.24) is 14.8 Å². The summed E-state index contributed by atoms with van der Waals surface area (Å²) < 4.78 is 2.72. The average molecular weight is 322 g/mol. The van der Waals surface area contributed by atoms with Gasteiger partial charge in [-0.2, -0.15) is 5.10 Å². The lowest BCUT2D eigenvalue weighted by Gasteiger charge is -2.05. The summed E-state index contributed by atoms with van der Waals surface area (Å²) >= 11 is 3.41. The molecule has 0 spiro atoms. The minimum atomic E-state index is 0.0646. The van der Waals surface area contributed by atoms with Gasteiger partial charge in [0.15, 0.2) is 5.78 Å². The van der Waals surface area contributed by atoms with E-state index in [2.05, 4.69) is 32.9 Å². The smallest absolute Gasteiger partial charge is 0.170 e. The molecule has 1 aromatic carbocycles. The molecule has 0 bridgehead atoms. The second-order valence-electron chi connectivity index (χ2n) is 4.52. The Bertz CT molecular complexity index is 572. The molecular weight excluding hydrogens is 306 g/mol. The summed E-state index contributed by atoms with van der Waals surface area (Å²) in [6.45, 7) is 4.84. The third kappa shape index (κ3) is 3.50. The van der Waals surface area contributed by atoms with E-state index in [1.54, 1.807) is 4.68 Å². The summed E-state index contributed by atoms with van der Waals surface area (Å²) in [5.74, 6) is 0.791. The largest absolute Gasteiger partial charge is 0.294 e. The molecule has 0 aliphatic heterocycles. The molecule has 0 N–H and O–H groups in total. The maximum absolute atomic E-state index is 12.3. The van der Waals surface area contributed by atoms with Gasteiger partial charge in [0.25, 0.3) is 0 Å². The molecule has 0 unspecified atom stereocenters. The molecule has 2 rings (SSSR count). The molecule has 0 aliphatic carbocycles. The third-order valence-corrected chi connectivity index (χ3v) is 3.27. The van der Waals surface area contributed by atoms with E-state index in [1.165, 1.54) is 6.33 Å². The Labute approximate surface area is 121 Å². The van der Waals surface area contributed by atoms with Crippen LogP contribution in [0.1, 0.15) is 35.1 Å². The highest BCUT2D eigenvalue weighted by Gasteiger charge is 2.12. The standard InChI is InChI=1S/C14H16BrN3O/c1-3-4-18-14(16-9-17-18)8-13(19)11-5-10(2)6-12(15)7-11/h5-7,9H,3-4,8H2,1-2H3. The van der Waals surface area contributed by atoms with Gasteiger partial charge in [-0.1, -0.05) is 22.9 Å². The molecule has 19 heavy (non-hydrogen) atoms. The number of Topliss-reactive ketones (excluding diaryl/α,β-unsaturated/α-hetero) is 1. The SMILES string of the molecule is CCCn1ncnc1CC(=O)c1cc(C)cc(Br)c1. The van der Waals surface area contributed by atoms with Gasteiger partial charge in [-0.3, -0.25) is 4.79 Å². The van der Waals surface area contributed by atoms with E-state index in [0.29, 0.717) is 5.56 Å². The molecule has 2 aromatic rings. The van der Waals surface area contributed by atoms with Gasteiger partial charge >= 0.3 is 0 Å². The van der Waals surface area contributed by atoms with Crippen molar-refractivity contribution in [3.05, 3.63) is 46.0 Å². The normalized spacial score (nSPS) is 10.7. The number of carbonyl (C=O) groups excluding carboxylic acids is 1. The second-order valence-corrected chi connectivity index (χ2v) is 5.43. The zero-order valence-corrected chi connectivity index (χ0v) is 12.6. The van der Waals surface area contributed by atoms with E-state index in [4.69, 9.17) is 0 Å². The van der Waals surface area contributed by atoms with Crippen LogP contribution in [0.5, 0.6) is 0 Å². The summed E-state index contributed by atoms with van der Waals surface area (Å²) in [7, 11) is 0. The van der Waals surface area contributed by atoms with Gasteiger partial charge in [-0.15, -0.1) is 0 Å². The lowest BCUT2D eigenvalue weighted by atomic mass is 10.1. The number of hydrogen-bond acceptors (Lipinski definition) is 3. The molecule has 0 radical (unpaired) electrons. The van der Waals surface area contributed by atoms with Crippen LogP contribution in [0.15, 0.2) is 29.0 Å². The maximum Gasteiger partial charge on any atom is 0.170 e. The van der Waals surface area contributed by atoms with Crippen LogP contribution in [-0.2, 0) is 13.0 Å². The topological polar surface area (TPSA) is 47.8 Å². The summed E-state index contributed by atoms with van der Waals surface area (Å²) in [5.41, 5.74) is 1.77. The molecule has 0 fully saturated rings. The minimum Gasteiger partial charge on any atom is -0.294 e. The monoisotopic (exact) mass is 321 g/mol. The fourth-order valence-corrected chi connectivity index (χ4v) is 2.57. The van der Waals surface area contributed by atoms with Gasteiger partial charge in [0, 0.05) is 16.6 Å². The van der Waals surface area contributed by atoms with Gasteiger partial charge in [0.05, 0.1) is 6.42 Å². The fraction of sp³-hybridized carbons (Fsp3) is 0.357. The number of carbonyl (C=O) groups is 1. The van der Waals surface area contributed by atoms with E-state index >= 15 is 0 Å². The van der Waals surface area contributed by atoms with Crippen molar-refractivity contribution in [2.45, 2.75) is 33.2 Å². The van der Waals surface area contributed by atoms with Crippen LogP contribution in [0.2, 0.25) is 0 Å². The maximum atomic E-state index is 12.3. The molecule has 0 saturated carbocycles. The van der Waals surface area contributed by atoms with E-state index in [1.807, 2.05) is 25.1 Å². The second kappa shape index (κ2) is 6.10. The van der Waals surface area contributed by atoms with Crippen molar-refractivity contribution in [3.8, 4) is 0 Å². The Hall–Kier alpha value is -1.49. The predicted molar refractivity (Wildman–Crippen MR) is 77.2 cm³/mol. The minimum absolute atomic E-state index is 0.0646. The molecule has 1 aromatic heterocycles. The Morgan fingerprint density at radius 3 is 2.84 bits per heavy atom. The zero-order valence-electron chi connectivity index (χ0n) is 11.1. The first-order valence-corrected chi connectivity index (χ1v) is 7.06. The van der Waals surface area contributed by atoms with Gasteiger partial charge < -0.3 is 0 Å². The van der Waals surface area contributed by atoms with Crippen molar-refractivity contribution in [3.63, 3.8) is 0 Å². The van der Waals surface area contributed by atoms with E-state index < -0.39 is 0 Å². The number of rotatable bonds is 5. The fourth-order valence-electron chi connectivity index (χ4n) is 1.97.